The summed E-state index contributed by atoms with van der Waals surface area (Å²) in [5, 5.41) is 0. The van der Waals surface area contributed by atoms with E-state index in [4.69, 9.17) is 9.05 Å². The molecule has 3 nitrogen and oxygen atoms in total. The molecule has 17 heavy (non-hydrogen) atoms. The summed E-state index contributed by atoms with van der Waals surface area (Å²) >= 11 is 0. The maximum atomic E-state index is 12.6. The molecule has 0 spiro atoms. The molecular weight excluding hydrogens is 235 g/mol. The minimum Gasteiger partial charge on any atom is -0.631 e. The van der Waals surface area contributed by atoms with Gasteiger partial charge < -0.3 is 4.89 Å². The molecule has 0 aliphatic carbocycles. The van der Waals surface area contributed by atoms with Crippen molar-refractivity contribution >= 4 is 7.94 Å². The van der Waals surface area contributed by atoms with Crippen LogP contribution in [-0.4, -0.2) is 18.9 Å². The smallest absolute Gasteiger partial charge is 0.244 e. The van der Waals surface area contributed by atoms with Gasteiger partial charge in [-0.1, -0.05) is 33.3 Å². The Bertz CT molecular complexity index is 253. The molecule has 1 atom stereocenters. The molecule has 0 unspecified atom stereocenters. The van der Waals surface area contributed by atoms with E-state index >= 15 is 0 Å². The molecule has 0 bridgehead atoms. The van der Waals surface area contributed by atoms with Gasteiger partial charge in [-0.05, 0) is 25.8 Å². The SMILES string of the molecule is C/C=C\[C@H](CCCC)[P+]1([O-])OCC(C)(C)CO1. The molecule has 0 aromatic heterocycles. The minimum atomic E-state index is -2.94. The van der Waals surface area contributed by atoms with Crippen molar-refractivity contribution in [3.63, 3.8) is 0 Å². The van der Waals surface area contributed by atoms with E-state index in [-0.39, 0.29) is 11.1 Å². The topological polar surface area (TPSA) is 41.5 Å². The van der Waals surface area contributed by atoms with Gasteiger partial charge >= 0.3 is 0 Å². The lowest BCUT2D eigenvalue weighted by molar-refractivity contribution is -0.235. The molecule has 100 valence electrons. The van der Waals surface area contributed by atoms with Gasteiger partial charge in [-0.2, -0.15) is 0 Å². The number of allylic oxidation sites excluding steroid dienone is 2. The van der Waals surface area contributed by atoms with Crippen molar-refractivity contribution in [1.29, 1.82) is 0 Å². The third kappa shape index (κ3) is 4.33. The van der Waals surface area contributed by atoms with E-state index in [0.717, 1.165) is 19.3 Å². The lowest BCUT2D eigenvalue weighted by Crippen LogP contribution is -2.38. The molecule has 0 aromatic rings. The Morgan fingerprint density at radius 2 is 1.94 bits per heavy atom. The van der Waals surface area contributed by atoms with E-state index in [9.17, 15) is 4.89 Å². The predicted molar refractivity (Wildman–Crippen MR) is 70.7 cm³/mol. The highest BCUT2D eigenvalue weighted by Crippen LogP contribution is 2.62. The lowest BCUT2D eigenvalue weighted by Gasteiger charge is -2.41. The van der Waals surface area contributed by atoms with Crippen LogP contribution in [0.1, 0.15) is 47.0 Å². The zero-order chi connectivity index (χ0) is 12.9. The quantitative estimate of drug-likeness (QED) is 0.562. The fourth-order valence-electron chi connectivity index (χ4n) is 1.80. The number of hydrogen-bond donors (Lipinski definition) is 0. The Morgan fingerprint density at radius 1 is 1.35 bits per heavy atom. The largest absolute Gasteiger partial charge is 0.631 e. The molecule has 1 aliphatic heterocycles. The van der Waals surface area contributed by atoms with E-state index in [0.29, 0.717) is 13.2 Å². The van der Waals surface area contributed by atoms with Crippen LogP contribution in [0.5, 0.6) is 0 Å². The summed E-state index contributed by atoms with van der Waals surface area (Å²) in [6.45, 7) is 9.24. The zero-order valence-corrected chi connectivity index (χ0v) is 12.3. The average molecular weight is 260 g/mol. The summed E-state index contributed by atoms with van der Waals surface area (Å²) in [6.07, 6.45) is 6.93. The molecule has 1 saturated heterocycles. The van der Waals surface area contributed by atoms with Crippen molar-refractivity contribution in [3.05, 3.63) is 12.2 Å². The van der Waals surface area contributed by atoms with Crippen molar-refractivity contribution in [2.45, 2.75) is 52.6 Å². The van der Waals surface area contributed by atoms with Crippen LogP contribution in [0.3, 0.4) is 0 Å². The first kappa shape index (κ1) is 15.1. The number of rotatable bonds is 5. The second-order valence-electron chi connectivity index (χ2n) is 5.49. The first-order valence-corrected chi connectivity index (χ1v) is 8.06. The summed E-state index contributed by atoms with van der Waals surface area (Å²) in [5.74, 6) is 0. The van der Waals surface area contributed by atoms with E-state index in [1.165, 1.54) is 0 Å². The zero-order valence-electron chi connectivity index (χ0n) is 11.4. The molecule has 1 rings (SSSR count). The van der Waals surface area contributed by atoms with Crippen LogP contribution in [-0.2, 0) is 9.05 Å². The van der Waals surface area contributed by atoms with Crippen LogP contribution in [0.4, 0.5) is 0 Å². The molecule has 1 heterocycles. The molecule has 0 saturated carbocycles. The normalized spacial score (nSPS) is 25.0. The molecule has 0 N–H and O–H groups in total. The standard InChI is InChI=1S/C13H25O3P/c1-5-7-9-12(8-6-2)17(14)15-10-13(3,4)11-16-17/h6,8,12H,5,7,9-11H2,1-4H3/b8-6-/t12-/m1/s1. The maximum absolute atomic E-state index is 12.6. The Hall–Kier alpha value is 0.0500. The molecule has 4 heteroatoms. The molecular formula is C13H25O3P. The van der Waals surface area contributed by atoms with Crippen LogP contribution >= 0.6 is 7.94 Å². The summed E-state index contributed by atoms with van der Waals surface area (Å²) in [6, 6.07) is 0. The van der Waals surface area contributed by atoms with Gasteiger partial charge in [0.05, 0.1) is 0 Å². The summed E-state index contributed by atoms with van der Waals surface area (Å²) in [5.41, 5.74) is -0.109. The molecule has 0 radical (unpaired) electrons. The van der Waals surface area contributed by atoms with Crippen LogP contribution < -0.4 is 4.89 Å². The molecule has 0 aromatic carbocycles. The molecule has 1 aliphatic rings. The fourth-order valence-corrected chi connectivity index (χ4v) is 4.19. The van der Waals surface area contributed by atoms with E-state index < -0.39 is 7.94 Å². The Balaban J connectivity index is 2.66. The van der Waals surface area contributed by atoms with Gasteiger partial charge in [0, 0.05) is 5.41 Å². The van der Waals surface area contributed by atoms with E-state index in [1.54, 1.807) is 0 Å². The van der Waals surface area contributed by atoms with Crippen LogP contribution in [0.2, 0.25) is 0 Å². The lowest BCUT2D eigenvalue weighted by atomic mass is 9.97. The second kappa shape index (κ2) is 6.29. The fraction of sp³-hybridized carbons (Fsp3) is 0.846. The molecule has 1 fully saturated rings. The molecule has 0 amide bonds. The highest BCUT2D eigenvalue weighted by atomic mass is 31.2. The first-order chi connectivity index (χ1) is 7.93. The average Bonchev–Trinajstić information content (AvgIpc) is 2.29. The Morgan fingerprint density at radius 3 is 2.41 bits per heavy atom. The van der Waals surface area contributed by atoms with Gasteiger partial charge in [-0.15, -0.1) is 0 Å². The van der Waals surface area contributed by atoms with Gasteiger partial charge in [0.1, 0.15) is 18.9 Å². The van der Waals surface area contributed by atoms with E-state index in [1.807, 2.05) is 19.1 Å². The number of unbranched alkanes of at least 4 members (excludes halogenated alkanes) is 1. The van der Waals surface area contributed by atoms with Gasteiger partial charge in [-0.3, -0.25) is 0 Å². The first-order valence-electron chi connectivity index (χ1n) is 6.45. The van der Waals surface area contributed by atoms with Gasteiger partial charge in [0.15, 0.2) is 0 Å². The van der Waals surface area contributed by atoms with Gasteiger partial charge in [0.2, 0.25) is 7.94 Å². The minimum absolute atomic E-state index is 0.0286. The summed E-state index contributed by atoms with van der Waals surface area (Å²) in [4.78, 5) is 12.6. The maximum Gasteiger partial charge on any atom is 0.244 e. The van der Waals surface area contributed by atoms with Crippen molar-refractivity contribution in [1.82, 2.24) is 0 Å². The third-order valence-corrected chi connectivity index (χ3v) is 5.17. The Labute approximate surface area is 106 Å². The highest BCUT2D eigenvalue weighted by Gasteiger charge is 2.45. The van der Waals surface area contributed by atoms with Crippen molar-refractivity contribution in [3.8, 4) is 0 Å². The van der Waals surface area contributed by atoms with Gasteiger partial charge in [-0.25, -0.2) is 9.05 Å². The van der Waals surface area contributed by atoms with E-state index in [2.05, 4.69) is 20.8 Å². The van der Waals surface area contributed by atoms with Crippen LogP contribution in [0.15, 0.2) is 12.2 Å². The van der Waals surface area contributed by atoms with Gasteiger partial charge in [0.25, 0.3) is 0 Å². The van der Waals surface area contributed by atoms with Crippen molar-refractivity contribution in [2.75, 3.05) is 13.2 Å². The van der Waals surface area contributed by atoms with Crippen LogP contribution in [0, 0.1) is 5.41 Å². The second-order valence-corrected chi connectivity index (χ2v) is 7.75. The predicted octanol–water partition coefficient (Wildman–Crippen LogP) is 3.32. The summed E-state index contributed by atoms with van der Waals surface area (Å²) < 4.78 is 11.1. The van der Waals surface area contributed by atoms with Crippen molar-refractivity contribution < 1.29 is 13.9 Å². The highest BCUT2D eigenvalue weighted by molar-refractivity contribution is 7.60. The Kier molecular flexibility index (Phi) is 5.59. The number of hydrogen-bond acceptors (Lipinski definition) is 3. The van der Waals surface area contributed by atoms with Crippen LogP contribution in [0.25, 0.3) is 0 Å². The third-order valence-electron chi connectivity index (χ3n) is 2.94. The van der Waals surface area contributed by atoms with Crippen molar-refractivity contribution in [2.24, 2.45) is 5.41 Å². The summed E-state index contributed by atoms with van der Waals surface area (Å²) in [7, 11) is -2.94. The monoisotopic (exact) mass is 260 g/mol.